The van der Waals surface area contributed by atoms with Gasteiger partial charge in [-0.15, -0.1) is 0 Å². The lowest BCUT2D eigenvalue weighted by Crippen LogP contribution is -2.44. The Morgan fingerprint density at radius 2 is 1.10 bits per heavy atom. The molecule has 1 aromatic heterocycles. The summed E-state index contributed by atoms with van der Waals surface area (Å²) in [6, 6.07) is 32.5. The van der Waals surface area contributed by atoms with Gasteiger partial charge in [-0.05, 0) is 151 Å². The second-order valence-corrected chi connectivity index (χ2v) is 18.2. The Bertz CT molecular complexity index is 2140. The maximum absolute atomic E-state index is 9.49. The van der Waals surface area contributed by atoms with Crippen LogP contribution in [0, 0.1) is 46.8 Å². The minimum Gasteiger partial charge on any atom is -0.208 e. The van der Waals surface area contributed by atoms with E-state index in [0.717, 1.165) is 51.4 Å². The molecule has 4 saturated carbocycles. The Balaban J connectivity index is 1.25. The minimum atomic E-state index is 0.128. The summed E-state index contributed by atoms with van der Waals surface area (Å²) >= 11 is 0. The monoisotopic (exact) mass is 684 g/mol. The van der Waals surface area contributed by atoms with Crippen LogP contribution in [0.5, 0.6) is 0 Å². The Kier molecular flexibility index (Phi) is 8.33. The van der Waals surface area contributed by atoms with Gasteiger partial charge in [0.05, 0.1) is 11.6 Å². The van der Waals surface area contributed by atoms with Crippen molar-refractivity contribution < 1.29 is 0 Å². The Morgan fingerprint density at radius 3 is 1.75 bits per heavy atom. The van der Waals surface area contributed by atoms with Gasteiger partial charge in [-0.2, -0.15) is 5.26 Å². The molecule has 4 aliphatic rings. The molecule has 264 valence electrons. The molecule has 8 atom stereocenters. The first-order valence-electron chi connectivity index (χ1n) is 20.1. The normalized spacial score (nSPS) is 31.2. The van der Waals surface area contributed by atoms with Crippen LogP contribution in [-0.4, -0.2) is 15.0 Å². The van der Waals surface area contributed by atoms with E-state index in [1.54, 1.807) is 5.56 Å². The summed E-state index contributed by atoms with van der Waals surface area (Å²) in [5, 5.41) is 11.6. The van der Waals surface area contributed by atoms with Gasteiger partial charge in [-0.25, -0.2) is 15.0 Å². The van der Waals surface area contributed by atoms with E-state index in [0.29, 0.717) is 29.0 Å². The maximum Gasteiger partial charge on any atom is 0.164 e. The van der Waals surface area contributed by atoms with Crippen LogP contribution in [0.2, 0.25) is 0 Å². The topological polar surface area (TPSA) is 62.5 Å². The average Bonchev–Trinajstić information content (AvgIpc) is 3.13. The molecule has 0 aliphatic heterocycles. The van der Waals surface area contributed by atoms with E-state index >= 15 is 0 Å². The number of fused-ring (bicyclic) bond motifs is 5. The summed E-state index contributed by atoms with van der Waals surface area (Å²) in [6.07, 6.45) is 13.2. The third kappa shape index (κ3) is 6.05. The van der Waals surface area contributed by atoms with Crippen LogP contribution < -0.4 is 0 Å². The fourth-order valence-corrected chi connectivity index (χ4v) is 12.4. The van der Waals surface area contributed by atoms with Gasteiger partial charge in [0.2, 0.25) is 0 Å². The summed E-state index contributed by atoms with van der Waals surface area (Å²) in [6.45, 7) is 10.0. The van der Waals surface area contributed by atoms with Gasteiger partial charge in [0, 0.05) is 16.7 Å². The highest BCUT2D eigenvalue weighted by Gasteiger charge is 2.49. The van der Waals surface area contributed by atoms with Gasteiger partial charge in [0.1, 0.15) is 0 Å². The van der Waals surface area contributed by atoms with Gasteiger partial charge in [0.25, 0.3) is 0 Å². The summed E-state index contributed by atoms with van der Waals surface area (Å²) in [5.41, 5.74) is 7.31. The van der Waals surface area contributed by atoms with Crippen LogP contribution >= 0.6 is 0 Å². The first-order valence-corrected chi connectivity index (χ1v) is 20.1. The van der Waals surface area contributed by atoms with Crippen LogP contribution in [0.15, 0.2) is 84.9 Å². The van der Waals surface area contributed by atoms with E-state index in [9.17, 15) is 5.26 Å². The highest BCUT2D eigenvalue weighted by molar-refractivity contribution is 5.87. The van der Waals surface area contributed by atoms with Crippen LogP contribution in [0.4, 0.5) is 0 Å². The van der Waals surface area contributed by atoms with Crippen LogP contribution in [0.3, 0.4) is 0 Å². The molecule has 4 aromatic carbocycles. The van der Waals surface area contributed by atoms with Crippen molar-refractivity contribution in [2.45, 2.75) is 103 Å². The number of aromatic nitrogens is 3. The summed E-state index contributed by atoms with van der Waals surface area (Å²) in [7, 11) is 0. The highest BCUT2D eigenvalue weighted by Crippen LogP contribution is 2.58. The molecule has 9 rings (SSSR count). The summed E-state index contributed by atoms with van der Waals surface area (Å²) < 4.78 is 0. The summed E-state index contributed by atoms with van der Waals surface area (Å²) in [5.74, 6) is 6.78. The second-order valence-electron chi connectivity index (χ2n) is 18.2. The maximum atomic E-state index is 9.49. The van der Waals surface area contributed by atoms with Crippen LogP contribution in [-0.2, 0) is 10.8 Å². The molecule has 0 N–H and O–H groups in total. The van der Waals surface area contributed by atoms with Crippen molar-refractivity contribution in [3.63, 3.8) is 0 Å². The van der Waals surface area contributed by atoms with E-state index in [-0.39, 0.29) is 10.8 Å². The zero-order valence-corrected chi connectivity index (χ0v) is 31.4. The lowest BCUT2D eigenvalue weighted by molar-refractivity contribution is 0.0739. The number of rotatable bonds is 5. The average molecular weight is 685 g/mol. The molecule has 0 spiro atoms. The van der Waals surface area contributed by atoms with Crippen molar-refractivity contribution in [3.8, 4) is 40.2 Å². The zero-order chi connectivity index (χ0) is 35.6. The standard InChI is InChI=1S/C48H52N4/c1-30-16-35-17-31(2)24-47(23-30,27-35)41-14-15-42(43(22-41)48-25-32(3)18-36(28-48)19-33(4)26-48)46-51-44(37-8-6-5-7-9-37)50-45(52-46)40-13-12-38-20-34(29-49)10-11-39(38)21-40/h5-15,20-22,30-33,35-36H,16-19,23-28H2,1-4H3/t30-,31+,32-,33+,35-,36-,47?,48?. The Hall–Kier alpha value is -4.36. The molecule has 0 amide bonds. The summed E-state index contributed by atoms with van der Waals surface area (Å²) in [4.78, 5) is 15.9. The molecule has 0 saturated heterocycles. The van der Waals surface area contributed by atoms with Crippen LogP contribution in [0.1, 0.15) is 109 Å². The fraction of sp³-hybridized carbons (Fsp3) is 0.458. The molecular weight excluding hydrogens is 633 g/mol. The molecule has 4 bridgehead atoms. The van der Waals surface area contributed by atoms with Crippen molar-refractivity contribution >= 4 is 10.8 Å². The minimum absolute atomic E-state index is 0.128. The van der Waals surface area contributed by atoms with Crippen molar-refractivity contribution in [1.82, 2.24) is 15.0 Å². The number of hydrogen-bond donors (Lipinski definition) is 0. The van der Waals surface area contributed by atoms with E-state index in [1.807, 2.05) is 18.2 Å². The van der Waals surface area contributed by atoms with Gasteiger partial charge >= 0.3 is 0 Å². The van der Waals surface area contributed by atoms with Crippen molar-refractivity contribution in [1.29, 1.82) is 5.26 Å². The number of benzene rings is 4. The fourth-order valence-electron chi connectivity index (χ4n) is 12.4. The lowest BCUT2D eigenvalue weighted by Gasteiger charge is -2.53. The zero-order valence-electron chi connectivity index (χ0n) is 31.4. The van der Waals surface area contributed by atoms with E-state index in [2.05, 4.69) is 100 Å². The quantitative estimate of drug-likeness (QED) is 0.185. The first kappa shape index (κ1) is 33.5. The van der Waals surface area contributed by atoms with E-state index < -0.39 is 0 Å². The predicted octanol–water partition coefficient (Wildman–Crippen LogP) is 12.1. The van der Waals surface area contributed by atoms with Gasteiger partial charge in [0.15, 0.2) is 17.5 Å². The Labute approximate surface area is 310 Å². The smallest absolute Gasteiger partial charge is 0.164 e. The third-order valence-corrected chi connectivity index (χ3v) is 13.6. The molecule has 4 fully saturated rings. The molecule has 4 aliphatic carbocycles. The van der Waals surface area contributed by atoms with Gasteiger partial charge < -0.3 is 0 Å². The lowest BCUT2D eigenvalue weighted by atomic mass is 9.52. The molecule has 2 unspecified atom stereocenters. The predicted molar refractivity (Wildman–Crippen MR) is 212 cm³/mol. The van der Waals surface area contributed by atoms with Gasteiger partial charge in [-0.3, -0.25) is 0 Å². The number of nitrogens with zero attached hydrogens (tertiary/aromatic N) is 4. The van der Waals surface area contributed by atoms with Crippen molar-refractivity contribution in [2.24, 2.45) is 35.5 Å². The van der Waals surface area contributed by atoms with Crippen molar-refractivity contribution in [3.05, 3.63) is 102 Å². The molecular formula is C48H52N4. The molecule has 52 heavy (non-hydrogen) atoms. The third-order valence-electron chi connectivity index (χ3n) is 13.6. The second kappa shape index (κ2) is 12.9. The Morgan fingerprint density at radius 1 is 0.538 bits per heavy atom. The van der Waals surface area contributed by atoms with E-state index in [1.165, 1.54) is 75.3 Å². The van der Waals surface area contributed by atoms with E-state index in [4.69, 9.17) is 15.0 Å². The van der Waals surface area contributed by atoms with Gasteiger partial charge in [-0.1, -0.05) is 94.4 Å². The first-order chi connectivity index (χ1) is 25.2. The molecule has 4 heteroatoms. The molecule has 1 heterocycles. The van der Waals surface area contributed by atoms with Crippen molar-refractivity contribution in [2.75, 3.05) is 0 Å². The number of hydrogen-bond acceptors (Lipinski definition) is 4. The SMILES string of the molecule is C[C@@H]1C[C@@H]2C[C@H](C)CC(c3ccc(-c4nc(-c5ccccc5)nc(-c5ccc6cc(C#N)ccc6c5)n4)c(C45C[C@H](C)C[C@H](C[C@H](C)C4)C5)c3)(C1)C2. The highest BCUT2D eigenvalue weighted by atomic mass is 15.0. The number of nitriles is 1. The molecule has 4 nitrogen and oxygen atoms in total. The molecule has 5 aromatic rings. The largest absolute Gasteiger partial charge is 0.208 e. The molecule has 0 radical (unpaired) electrons. The van der Waals surface area contributed by atoms with Crippen LogP contribution in [0.25, 0.3) is 44.9 Å².